The van der Waals surface area contributed by atoms with Crippen molar-refractivity contribution in [2.24, 2.45) is 0 Å². The fraction of sp³-hybridized carbons (Fsp3) is 0. The van der Waals surface area contributed by atoms with Crippen molar-refractivity contribution in [3.63, 3.8) is 0 Å². The maximum absolute atomic E-state index is 10.7. The zero-order valence-electron chi connectivity index (χ0n) is 10.4. The Bertz CT molecular complexity index is 733. The first-order chi connectivity index (χ1) is 9.75. The molecule has 20 heavy (non-hydrogen) atoms. The highest BCUT2D eigenvalue weighted by Gasteiger charge is 2.08. The van der Waals surface area contributed by atoms with Gasteiger partial charge in [0, 0.05) is 5.56 Å². The van der Waals surface area contributed by atoms with E-state index < -0.39 is 5.97 Å². The van der Waals surface area contributed by atoms with Crippen molar-refractivity contribution < 1.29 is 9.90 Å². The van der Waals surface area contributed by atoms with Crippen molar-refractivity contribution in [2.75, 3.05) is 0 Å². The number of carbonyl (C=O) groups excluding carboxylic acids is 1. The van der Waals surface area contributed by atoms with E-state index in [9.17, 15) is 9.90 Å². The van der Waals surface area contributed by atoms with Gasteiger partial charge in [-0.2, -0.15) is 0 Å². The van der Waals surface area contributed by atoms with Crippen LogP contribution in [0.1, 0.15) is 10.4 Å². The van der Waals surface area contributed by atoms with Gasteiger partial charge in [0.2, 0.25) is 0 Å². The predicted molar refractivity (Wildman–Crippen MR) is 71.1 cm³/mol. The molecule has 2 aromatic carbocycles. The first-order valence-corrected chi connectivity index (χ1v) is 6.03. The monoisotopic (exact) mass is 264 g/mol. The summed E-state index contributed by atoms with van der Waals surface area (Å²) in [5, 5.41) is 18.7. The standard InChI is InChI=1S/C15H11N3O2/c19-15(20)12-6-8-13(9-7-12)18-14(10-16-17-18)11-4-2-1-3-5-11/h1-10H,(H,19,20)/p-1. The highest BCUT2D eigenvalue weighted by Crippen LogP contribution is 2.21. The highest BCUT2D eigenvalue weighted by molar-refractivity contribution is 5.86. The summed E-state index contributed by atoms with van der Waals surface area (Å²) in [6.07, 6.45) is 1.67. The van der Waals surface area contributed by atoms with Crippen molar-refractivity contribution in [3.05, 3.63) is 66.4 Å². The molecule has 0 amide bonds. The molecule has 0 saturated carbocycles. The second kappa shape index (κ2) is 4.97. The van der Waals surface area contributed by atoms with Gasteiger partial charge in [-0.1, -0.05) is 47.7 Å². The van der Waals surface area contributed by atoms with Crippen LogP contribution < -0.4 is 5.11 Å². The molecule has 0 aliphatic heterocycles. The molecule has 98 valence electrons. The molecule has 0 aliphatic carbocycles. The number of carbonyl (C=O) groups is 1. The second-order valence-corrected chi connectivity index (χ2v) is 4.23. The normalized spacial score (nSPS) is 10.4. The van der Waals surface area contributed by atoms with E-state index in [0.717, 1.165) is 16.9 Å². The molecule has 0 bridgehead atoms. The summed E-state index contributed by atoms with van der Waals surface area (Å²) in [5.74, 6) is -1.20. The largest absolute Gasteiger partial charge is 0.545 e. The molecular formula is C15H10N3O2-. The van der Waals surface area contributed by atoms with Crippen molar-refractivity contribution in [2.45, 2.75) is 0 Å². The molecular weight excluding hydrogens is 254 g/mol. The van der Waals surface area contributed by atoms with Crippen molar-refractivity contribution in [1.82, 2.24) is 15.0 Å². The Kier molecular flexibility index (Phi) is 3.01. The highest BCUT2D eigenvalue weighted by atomic mass is 16.4. The molecule has 5 nitrogen and oxygen atoms in total. The van der Waals surface area contributed by atoms with Gasteiger partial charge in [0.05, 0.1) is 23.5 Å². The minimum Gasteiger partial charge on any atom is -0.545 e. The molecule has 5 heteroatoms. The lowest BCUT2D eigenvalue weighted by Gasteiger charge is -2.07. The zero-order chi connectivity index (χ0) is 13.9. The molecule has 0 fully saturated rings. The SMILES string of the molecule is O=C([O-])c1ccc(-n2nncc2-c2ccccc2)cc1. The van der Waals surface area contributed by atoms with Gasteiger partial charge in [0.25, 0.3) is 0 Å². The van der Waals surface area contributed by atoms with E-state index in [1.165, 1.54) is 12.1 Å². The van der Waals surface area contributed by atoms with Gasteiger partial charge in [0.15, 0.2) is 0 Å². The molecule has 0 spiro atoms. The van der Waals surface area contributed by atoms with Crippen LogP contribution in [-0.4, -0.2) is 21.0 Å². The molecule has 1 heterocycles. The maximum Gasteiger partial charge on any atom is 0.0944 e. The number of aromatic nitrogens is 3. The molecule has 0 unspecified atom stereocenters. The Morgan fingerprint density at radius 1 is 1.00 bits per heavy atom. The number of benzene rings is 2. The third kappa shape index (κ3) is 2.16. The van der Waals surface area contributed by atoms with Crippen LogP contribution in [-0.2, 0) is 0 Å². The summed E-state index contributed by atoms with van der Waals surface area (Å²) >= 11 is 0. The maximum atomic E-state index is 10.7. The molecule has 3 rings (SSSR count). The molecule has 0 atom stereocenters. The topological polar surface area (TPSA) is 70.8 Å². The average molecular weight is 264 g/mol. The van der Waals surface area contributed by atoms with Gasteiger partial charge in [-0.15, -0.1) is 5.10 Å². The Morgan fingerprint density at radius 3 is 2.35 bits per heavy atom. The first-order valence-electron chi connectivity index (χ1n) is 6.03. The molecule has 1 aromatic heterocycles. The Labute approximate surface area is 115 Å². The Hall–Kier alpha value is -2.95. The van der Waals surface area contributed by atoms with E-state index in [2.05, 4.69) is 10.3 Å². The second-order valence-electron chi connectivity index (χ2n) is 4.23. The van der Waals surface area contributed by atoms with Gasteiger partial charge in [0.1, 0.15) is 0 Å². The Balaban J connectivity index is 2.04. The number of nitrogens with zero attached hydrogens (tertiary/aromatic N) is 3. The van der Waals surface area contributed by atoms with Gasteiger partial charge in [-0.25, -0.2) is 4.68 Å². The van der Waals surface area contributed by atoms with Gasteiger partial charge < -0.3 is 9.90 Å². The van der Waals surface area contributed by atoms with Gasteiger partial charge in [-0.3, -0.25) is 0 Å². The minimum absolute atomic E-state index is 0.134. The average Bonchev–Trinajstić information content (AvgIpc) is 2.97. The molecule has 0 N–H and O–H groups in total. The van der Waals surface area contributed by atoms with Crippen LogP contribution in [0.2, 0.25) is 0 Å². The summed E-state index contributed by atoms with van der Waals surface area (Å²) in [6.45, 7) is 0. The number of carboxylic acids is 1. The third-order valence-electron chi connectivity index (χ3n) is 2.97. The summed E-state index contributed by atoms with van der Waals surface area (Å²) in [4.78, 5) is 10.7. The van der Waals surface area contributed by atoms with Crippen molar-refractivity contribution in [3.8, 4) is 16.9 Å². The number of hydrogen-bond acceptors (Lipinski definition) is 4. The van der Waals surface area contributed by atoms with Crippen LogP contribution in [0.25, 0.3) is 16.9 Å². The molecule has 0 saturated heterocycles. The quantitative estimate of drug-likeness (QED) is 0.714. The van der Waals surface area contributed by atoms with Crippen LogP contribution >= 0.6 is 0 Å². The van der Waals surface area contributed by atoms with Gasteiger partial charge in [-0.05, 0) is 17.7 Å². The number of carboxylic acid groups (broad SMARTS) is 1. The minimum atomic E-state index is -1.20. The number of hydrogen-bond donors (Lipinski definition) is 0. The van der Waals surface area contributed by atoms with Crippen LogP contribution in [0.4, 0.5) is 0 Å². The fourth-order valence-corrected chi connectivity index (χ4v) is 1.97. The van der Waals surface area contributed by atoms with E-state index in [0.29, 0.717) is 0 Å². The van der Waals surface area contributed by atoms with Crippen LogP contribution in [0.5, 0.6) is 0 Å². The predicted octanol–water partition coefficient (Wildman–Crippen LogP) is 1.30. The van der Waals surface area contributed by atoms with Crippen molar-refractivity contribution in [1.29, 1.82) is 0 Å². The number of aromatic carboxylic acids is 1. The van der Waals surface area contributed by atoms with E-state index in [1.807, 2.05) is 30.3 Å². The molecule has 0 aliphatic rings. The summed E-state index contributed by atoms with van der Waals surface area (Å²) in [6, 6.07) is 16.1. The fourth-order valence-electron chi connectivity index (χ4n) is 1.97. The number of rotatable bonds is 3. The van der Waals surface area contributed by atoms with E-state index in [-0.39, 0.29) is 5.56 Å². The zero-order valence-corrected chi connectivity index (χ0v) is 10.4. The van der Waals surface area contributed by atoms with E-state index in [1.54, 1.807) is 23.0 Å². The van der Waals surface area contributed by atoms with Crippen LogP contribution in [0, 0.1) is 0 Å². The smallest absolute Gasteiger partial charge is 0.0944 e. The summed E-state index contributed by atoms with van der Waals surface area (Å²) in [7, 11) is 0. The molecule has 0 radical (unpaired) electrons. The van der Waals surface area contributed by atoms with Crippen LogP contribution in [0.15, 0.2) is 60.8 Å². The lowest BCUT2D eigenvalue weighted by molar-refractivity contribution is -0.255. The summed E-state index contributed by atoms with van der Waals surface area (Å²) in [5.41, 5.74) is 2.70. The van der Waals surface area contributed by atoms with E-state index in [4.69, 9.17) is 0 Å². The van der Waals surface area contributed by atoms with Crippen molar-refractivity contribution >= 4 is 5.97 Å². The van der Waals surface area contributed by atoms with Gasteiger partial charge >= 0.3 is 0 Å². The third-order valence-corrected chi connectivity index (χ3v) is 2.97. The lowest BCUT2D eigenvalue weighted by Crippen LogP contribution is -2.22. The molecule has 3 aromatic rings. The van der Waals surface area contributed by atoms with E-state index >= 15 is 0 Å². The summed E-state index contributed by atoms with van der Waals surface area (Å²) < 4.78 is 1.66. The van der Waals surface area contributed by atoms with Crippen LogP contribution in [0.3, 0.4) is 0 Å². The lowest BCUT2D eigenvalue weighted by atomic mass is 10.1. The first kappa shape index (κ1) is 12.1. The Morgan fingerprint density at radius 2 is 1.70 bits per heavy atom.